The zero-order valence-electron chi connectivity index (χ0n) is 13.2. The number of ether oxygens (including phenoxy) is 1. The average molecular weight is 330 g/mol. The normalized spacial score (nSPS) is 17.5. The molecule has 1 unspecified atom stereocenters. The molecule has 8 heteroatoms. The van der Waals surface area contributed by atoms with E-state index in [0.29, 0.717) is 25.4 Å². The standard InChI is InChI=1S/C16H18N4O4/c1-24-15-5-3-2-4-12(15)14-10-17-6-7-19(14)16(21)13-8-11(9-18-13)20(22)23/h2-5,8-9,14,17-18H,6-7,10H2,1H3. The number of hydrogen-bond donors (Lipinski definition) is 2. The minimum atomic E-state index is -0.525. The van der Waals surface area contributed by atoms with E-state index in [1.807, 2.05) is 24.3 Å². The summed E-state index contributed by atoms with van der Waals surface area (Å²) in [6, 6.07) is 8.61. The van der Waals surface area contributed by atoms with E-state index in [9.17, 15) is 14.9 Å². The molecule has 2 aromatic rings. The highest BCUT2D eigenvalue weighted by molar-refractivity contribution is 5.93. The number of aromatic nitrogens is 1. The quantitative estimate of drug-likeness (QED) is 0.657. The van der Waals surface area contributed by atoms with E-state index in [2.05, 4.69) is 10.3 Å². The van der Waals surface area contributed by atoms with E-state index < -0.39 is 4.92 Å². The number of nitrogens with one attached hydrogen (secondary N) is 2. The van der Waals surface area contributed by atoms with Crippen LogP contribution in [0.2, 0.25) is 0 Å². The third kappa shape index (κ3) is 2.95. The second kappa shape index (κ2) is 6.71. The summed E-state index contributed by atoms with van der Waals surface area (Å²) in [6.45, 7) is 1.77. The molecule has 1 aromatic heterocycles. The lowest BCUT2D eigenvalue weighted by molar-refractivity contribution is -0.384. The molecule has 2 heterocycles. The van der Waals surface area contributed by atoms with Gasteiger partial charge in [-0.25, -0.2) is 0 Å². The largest absolute Gasteiger partial charge is 0.496 e. The SMILES string of the molecule is COc1ccccc1C1CNCCN1C(=O)c1cc([N+](=O)[O-])c[nH]1. The number of methoxy groups -OCH3 is 1. The van der Waals surface area contributed by atoms with Crippen molar-refractivity contribution in [3.05, 3.63) is 57.9 Å². The fourth-order valence-corrected chi connectivity index (χ4v) is 2.93. The van der Waals surface area contributed by atoms with Crippen molar-refractivity contribution in [2.45, 2.75) is 6.04 Å². The van der Waals surface area contributed by atoms with E-state index in [-0.39, 0.29) is 23.3 Å². The minimum absolute atomic E-state index is 0.123. The highest BCUT2D eigenvalue weighted by atomic mass is 16.6. The topological polar surface area (TPSA) is 100 Å². The lowest BCUT2D eigenvalue weighted by Crippen LogP contribution is -2.48. The van der Waals surface area contributed by atoms with E-state index in [4.69, 9.17) is 4.74 Å². The summed E-state index contributed by atoms with van der Waals surface area (Å²) in [7, 11) is 1.59. The molecule has 0 bridgehead atoms. The second-order valence-corrected chi connectivity index (χ2v) is 5.49. The molecule has 24 heavy (non-hydrogen) atoms. The van der Waals surface area contributed by atoms with Crippen molar-refractivity contribution in [1.29, 1.82) is 0 Å². The number of hydrogen-bond acceptors (Lipinski definition) is 5. The molecule has 3 rings (SSSR count). The maximum atomic E-state index is 12.8. The second-order valence-electron chi connectivity index (χ2n) is 5.49. The minimum Gasteiger partial charge on any atom is -0.496 e. The molecule has 126 valence electrons. The van der Waals surface area contributed by atoms with Crippen LogP contribution >= 0.6 is 0 Å². The molecular formula is C16H18N4O4. The number of piperazine rings is 1. The number of carbonyl (C=O) groups is 1. The van der Waals surface area contributed by atoms with Gasteiger partial charge in [0.1, 0.15) is 11.4 Å². The summed E-state index contributed by atoms with van der Waals surface area (Å²) in [6.07, 6.45) is 1.23. The van der Waals surface area contributed by atoms with Gasteiger partial charge in [0, 0.05) is 31.3 Å². The number of H-pyrrole nitrogens is 1. The maximum absolute atomic E-state index is 12.8. The molecule has 1 atom stereocenters. The van der Waals surface area contributed by atoms with Crippen molar-refractivity contribution < 1.29 is 14.5 Å². The molecule has 1 aliphatic heterocycles. The van der Waals surface area contributed by atoms with Crippen LogP contribution in [0.1, 0.15) is 22.1 Å². The average Bonchev–Trinajstić information content (AvgIpc) is 3.11. The fourth-order valence-electron chi connectivity index (χ4n) is 2.93. The van der Waals surface area contributed by atoms with Crippen molar-refractivity contribution in [3.8, 4) is 5.75 Å². The number of benzene rings is 1. The molecule has 0 aliphatic carbocycles. The number of nitrogens with zero attached hydrogens (tertiary/aromatic N) is 2. The van der Waals surface area contributed by atoms with Crippen molar-refractivity contribution >= 4 is 11.6 Å². The number of nitro groups is 1. The van der Waals surface area contributed by atoms with Crippen LogP contribution < -0.4 is 10.1 Å². The Morgan fingerprint density at radius 1 is 1.42 bits per heavy atom. The Bertz CT molecular complexity index is 758. The van der Waals surface area contributed by atoms with Gasteiger partial charge in [-0.05, 0) is 6.07 Å². The Balaban J connectivity index is 1.91. The predicted octanol–water partition coefficient (Wildman–Crippen LogP) is 1.72. The van der Waals surface area contributed by atoms with E-state index in [0.717, 1.165) is 5.56 Å². The summed E-state index contributed by atoms with van der Waals surface area (Å²) >= 11 is 0. The van der Waals surface area contributed by atoms with Gasteiger partial charge in [0.15, 0.2) is 0 Å². The molecule has 1 amide bonds. The predicted molar refractivity (Wildman–Crippen MR) is 87.1 cm³/mol. The lowest BCUT2D eigenvalue weighted by atomic mass is 10.0. The van der Waals surface area contributed by atoms with Crippen molar-refractivity contribution in [2.24, 2.45) is 0 Å². The fraction of sp³-hybridized carbons (Fsp3) is 0.312. The summed E-state index contributed by atoms with van der Waals surface area (Å²) < 4.78 is 5.41. The van der Waals surface area contributed by atoms with Crippen LogP contribution in [0.3, 0.4) is 0 Å². The van der Waals surface area contributed by atoms with Gasteiger partial charge in [-0.1, -0.05) is 18.2 Å². The van der Waals surface area contributed by atoms with Crippen LogP contribution in [0.15, 0.2) is 36.5 Å². The smallest absolute Gasteiger partial charge is 0.287 e. The number of para-hydroxylation sites is 1. The summed E-state index contributed by atoms with van der Waals surface area (Å²) in [5.41, 5.74) is 0.993. The Morgan fingerprint density at radius 3 is 2.92 bits per heavy atom. The van der Waals surface area contributed by atoms with Gasteiger partial charge < -0.3 is 19.9 Å². The molecule has 0 radical (unpaired) electrons. The van der Waals surface area contributed by atoms with E-state index >= 15 is 0 Å². The molecule has 1 aromatic carbocycles. The number of rotatable bonds is 4. The Morgan fingerprint density at radius 2 is 2.21 bits per heavy atom. The van der Waals surface area contributed by atoms with Crippen LogP contribution in [0, 0.1) is 10.1 Å². The zero-order valence-corrected chi connectivity index (χ0v) is 13.2. The van der Waals surface area contributed by atoms with Gasteiger partial charge in [0.05, 0.1) is 24.3 Å². The van der Waals surface area contributed by atoms with Crippen molar-refractivity contribution in [1.82, 2.24) is 15.2 Å². The molecule has 8 nitrogen and oxygen atoms in total. The van der Waals surface area contributed by atoms with E-state index in [1.54, 1.807) is 12.0 Å². The number of carbonyl (C=O) groups excluding carboxylic acids is 1. The number of aromatic amines is 1. The first kappa shape index (κ1) is 16.0. The number of amides is 1. The maximum Gasteiger partial charge on any atom is 0.287 e. The van der Waals surface area contributed by atoms with Gasteiger partial charge in [-0.2, -0.15) is 0 Å². The van der Waals surface area contributed by atoms with Crippen molar-refractivity contribution in [2.75, 3.05) is 26.7 Å². The first-order chi connectivity index (χ1) is 11.6. The third-order valence-electron chi connectivity index (χ3n) is 4.11. The third-order valence-corrected chi connectivity index (χ3v) is 4.11. The van der Waals surface area contributed by atoms with Gasteiger partial charge in [0.2, 0.25) is 0 Å². The summed E-state index contributed by atoms with van der Waals surface area (Å²) in [5.74, 6) is 0.446. The Hall–Kier alpha value is -2.87. The molecule has 1 fully saturated rings. The van der Waals surface area contributed by atoms with Gasteiger partial charge in [-0.3, -0.25) is 14.9 Å². The van der Waals surface area contributed by atoms with Crippen LogP contribution in [-0.4, -0.2) is 47.5 Å². The van der Waals surface area contributed by atoms with Crippen LogP contribution in [-0.2, 0) is 0 Å². The highest BCUT2D eigenvalue weighted by Crippen LogP contribution is 2.31. The van der Waals surface area contributed by atoms with Crippen LogP contribution in [0.5, 0.6) is 5.75 Å². The molecule has 0 saturated carbocycles. The Labute approximate surface area is 138 Å². The highest BCUT2D eigenvalue weighted by Gasteiger charge is 2.31. The van der Waals surface area contributed by atoms with Gasteiger partial charge >= 0.3 is 0 Å². The van der Waals surface area contributed by atoms with Crippen LogP contribution in [0.4, 0.5) is 5.69 Å². The summed E-state index contributed by atoms with van der Waals surface area (Å²) in [5, 5.41) is 14.1. The molecule has 1 saturated heterocycles. The molecule has 2 N–H and O–H groups in total. The van der Waals surface area contributed by atoms with Crippen LogP contribution in [0.25, 0.3) is 0 Å². The summed E-state index contributed by atoms with van der Waals surface area (Å²) in [4.78, 5) is 27.5. The first-order valence-corrected chi connectivity index (χ1v) is 7.59. The van der Waals surface area contributed by atoms with Crippen molar-refractivity contribution in [3.63, 3.8) is 0 Å². The molecular weight excluding hydrogens is 312 g/mol. The molecule has 0 spiro atoms. The van der Waals surface area contributed by atoms with Gasteiger partial charge in [-0.15, -0.1) is 0 Å². The Kier molecular flexibility index (Phi) is 4.48. The first-order valence-electron chi connectivity index (χ1n) is 7.59. The monoisotopic (exact) mass is 330 g/mol. The lowest BCUT2D eigenvalue weighted by Gasteiger charge is -2.36. The molecule has 1 aliphatic rings. The van der Waals surface area contributed by atoms with E-state index in [1.165, 1.54) is 12.3 Å². The zero-order chi connectivity index (χ0) is 17.1. The van der Waals surface area contributed by atoms with Gasteiger partial charge in [0.25, 0.3) is 11.6 Å².